The van der Waals surface area contributed by atoms with Crippen molar-refractivity contribution in [3.05, 3.63) is 95.1 Å². The summed E-state index contributed by atoms with van der Waals surface area (Å²) in [5.74, 6) is 0.377. The van der Waals surface area contributed by atoms with Gasteiger partial charge < -0.3 is 4.42 Å². The number of benzene rings is 3. The van der Waals surface area contributed by atoms with Crippen molar-refractivity contribution in [1.82, 2.24) is 10.4 Å². The van der Waals surface area contributed by atoms with Gasteiger partial charge in [-0.2, -0.15) is 5.10 Å². The quantitative estimate of drug-likeness (QED) is 0.364. The monoisotopic (exact) mass is 427 g/mol. The van der Waals surface area contributed by atoms with E-state index in [1.807, 2.05) is 54.6 Å². The number of hydrazone groups is 1. The molecule has 1 aliphatic rings. The number of nitrogens with zero attached hydrogens (tertiary/aromatic N) is 2. The predicted molar refractivity (Wildman–Crippen MR) is 119 cm³/mol. The average Bonchev–Trinajstić information content (AvgIpc) is 3.37. The molecule has 0 bridgehead atoms. The van der Waals surface area contributed by atoms with E-state index in [0.717, 1.165) is 22.2 Å². The number of ketones is 1. The Morgan fingerprint density at radius 2 is 1.74 bits per heavy atom. The minimum atomic E-state index is -0.317. The van der Waals surface area contributed by atoms with Crippen molar-refractivity contribution >= 4 is 40.3 Å². The van der Waals surface area contributed by atoms with Crippen LogP contribution in [-0.4, -0.2) is 22.4 Å². The van der Waals surface area contributed by atoms with Crippen molar-refractivity contribution in [3.8, 4) is 0 Å². The molecule has 1 aromatic heterocycles. The topological polar surface area (TPSA) is 84.6 Å². The maximum atomic E-state index is 12.5. The second kappa shape index (κ2) is 8.20. The molecule has 1 N–H and O–H groups in total. The molecule has 0 spiro atoms. The number of fused-ring (bicyclic) bond motifs is 2. The van der Waals surface area contributed by atoms with Crippen LogP contribution < -0.4 is 5.43 Å². The zero-order chi connectivity index (χ0) is 21.2. The number of thioether (sulfide) groups is 1. The molecule has 1 heterocycles. The molecule has 4 aromatic rings. The number of para-hydroxylation sites is 2. The largest absolute Gasteiger partial charge is 0.431 e. The first-order valence-corrected chi connectivity index (χ1v) is 10.7. The molecule has 0 radical (unpaired) electrons. The van der Waals surface area contributed by atoms with Crippen LogP contribution in [0.5, 0.6) is 0 Å². The van der Waals surface area contributed by atoms with E-state index in [4.69, 9.17) is 4.42 Å². The van der Waals surface area contributed by atoms with Crippen LogP contribution in [0.15, 0.2) is 87.5 Å². The van der Waals surface area contributed by atoms with Crippen LogP contribution in [0.1, 0.15) is 38.3 Å². The number of hydrogen-bond acceptors (Lipinski definition) is 6. The fraction of sp³-hybridized carbons (Fsp3) is 0.0833. The van der Waals surface area contributed by atoms with E-state index in [9.17, 15) is 9.59 Å². The number of carbonyl (C=O) groups excluding carboxylic acids is 2. The van der Waals surface area contributed by atoms with Gasteiger partial charge in [0.15, 0.2) is 11.4 Å². The van der Waals surface area contributed by atoms with Crippen molar-refractivity contribution < 1.29 is 14.0 Å². The lowest BCUT2D eigenvalue weighted by atomic mass is 10.1. The van der Waals surface area contributed by atoms with Crippen LogP contribution in [-0.2, 0) is 5.75 Å². The van der Waals surface area contributed by atoms with E-state index < -0.39 is 0 Å². The molecule has 0 atom stereocenters. The Hall–Kier alpha value is -3.71. The van der Waals surface area contributed by atoms with Crippen molar-refractivity contribution in [2.75, 3.05) is 0 Å². The minimum Gasteiger partial charge on any atom is -0.431 e. The molecule has 5 rings (SSSR count). The van der Waals surface area contributed by atoms with Gasteiger partial charge in [0.2, 0.25) is 0 Å². The van der Waals surface area contributed by atoms with Gasteiger partial charge in [0.25, 0.3) is 11.1 Å². The number of nitrogens with one attached hydrogen (secondary N) is 1. The van der Waals surface area contributed by atoms with Crippen LogP contribution in [0.2, 0.25) is 0 Å². The molecule has 3 aromatic carbocycles. The Morgan fingerprint density at radius 3 is 2.55 bits per heavy atom. The predicted octanol–water partition coefficient (Wildman–Crippen LogP) is 4.84. The summed E-state index contributed by atoms with van der Waals surface area (Å²) in [6.45, 7) is 0. The summed E-state index contributed by atoms with van der Waals surface area (Å²) in [6.07, 6.45) is 0.200. The average molecular weight is 427 g/mol. The smallest absolute Gasteiger partial charge is 0.271 e. The molecule has 31 heavy (non-hydrogen) atoms. The van der Waals surface area contributed by atoms with E-state index in [-0.39, 0.29) is 18.1 Å². The molecule has 6 nitrogen and oxygen atoms in total. The summed E-state index contributed by atoms with van der Waals surface area (Å²) in [5, 5.41) is 4.80. The Bertz CT molecular complexity index is 1290. The van der Waals surface area contributed by atoms with Gasteiger partial charge in [-0.05, 0) is 29.8 Å². The fourth-order valence-corrected chi connectivity index (χ4v) is 4.21. The molecule has 0 saturated heterocycles. The Kier molecular flexibility index (Phi) is 5.09. The summed E-state index contributed by atoms with van der Waals surface area (Å²) in [7, 11) is 0. The molecule has 152 valence electrons. The first-order valence-electron chi connectivity index (χ1n) is 9.74. The Morgan fingerprint density at radius 1 is 1.00 bits per heavy atom. The van der Waals surface area contributed by atoms with Gasteiger partial charge in [0.05, 0.1) is 12.1 Å². The summed E-state index contributed by atoms with van der Waals surface area (Å²) in [5.41, 5.74) is 7.72. The number of oxazole rings is 1. The highest BCUT2D eigenvalue weighted by molar-refractivity contribution is 7.98. The van der Waals surface area contributed by atoms with Crippen molar-refractivity contribution in [2.45, 2.75) is 17.4 Å². The second-order valence-electron chi connectivity index (χ2n) is 7.08. The number of hydrogen-bond donors (Lipinski definition) is 1. The molecular formula is C24H17N3O3S. The highest BCUT2D eigenvalue weighted by Crippen LogP contribution is 2.26. The van der Waals surface area contributed by atoms with Gasteiger partial charge in [-0.25, -0.2) is 10.4 Å². The summed E-state index contributed by atoms with van der Waals surface area (Å²) >= 11 is 1.50. The number of amides is 1. The van der Waals surface area contributed by atoms with E-state index in [1.165, 1.54) is 11.8 Å². The molecule has 7 heteroatoms. The van der Waals surface area contributed by atoms with E-state index in [2.05, 4.69) is 15.5 Å². The zero-order valence-corrected chi connectivity index (χ0v) is 17.2. The van der Waals surface area contributed by atoms with Crippen molar-refractivity contribution in [2.24, 2.45) is 5.10 Å². The molecule has 1 amide bonds. The maximum Gasteiger partial charge on any atom is 0.271 e. The van der Waals surface area contributed by atoms with Crippen LogP contribution in [0.4, 0.5) is 0 Å². The molecular weight excluding hydrogens is 410 g/mol. The first-order chi connectivity index (χ1) is 15.2. The van der Waals surface area contributed by atoms with Crippen LogP contribution in [0.3, 0.4) is 0 Å². The van der Waals surface area contributed by atoms with E-state index in [1.54, 1.807) is 18.2 Å². The second-order valence-corrected chi connectivity index (χ2v) is 8.00. The minimum absolute atomic E-state index is 0.0180. The summed E-state index contributed by atoms with van der Waals surface area (Å²) in [6, 6.07) is 22.2. The molecule has 0 aliphatic heterocycles. The highest BCUT2D eigenvalue weighted by atomic mass is 32.2. The number of rotatable bonds is 5. The zero-order valence-electron chi connectivity index (χ0n) is 16.4. The molecule has 0 saturated carbocycles. The number of carbonyl (C=O) groups is 2. The van der Waals surface area contributed by atoms with Gasteiger partial charge in [0.1, 0.15) is 5.52 Å². The van der Waals surface area contributed by atoms with Gasteiger partial charge >= 0.3 is 0 Å². The van der Waals surface area contributed by atoms with Crippen LogP contribution in [0.25, 0.3) is 11.1 Å². The first kappa shape index (κ1) is 19.3. The fourth-order valence-electron chi connectivity index (χ4n) is 3.41. The van der Waals surface area contributed by atoms with Crippen LogP contribution >= 0.6 is 11.8 Å². The maximum absolute atomic E-state index is 12.5. The number of aromatic nitrogens is 1. The van der Waals surface area contributed by atoms with Gasteiger partial charge in [0, 0.05) is 22.4 Å². The summed E-state index contributed by atoms with van der Waals surface area (Å²) < 4.78 is 5.71. The molecule has 0 unspecified atom stereocenters. The standard InChI is InChI=1S/C24H17N3O3S/c28-21-13-20(17-5-1-2-6-18(17)21)26-27-23(29)16-11-9-15(10-12-16)14-31-24-25-19-7-3-4-8-22(19)30-24/h1-12H,13-14H2,(H,27,29)/b26-20+. The summed E-state index contributed by atoms with van der Waals surface area (Å²) in [4.78, 5) is 28.9. The third kappa shape index (κ3) is 4.00. The Labute approximate surface area is 182 Å². The Balaban J connectivity index is 1.22. The van der Waals surface area contributed by atoms with Crippen molar-refractivity contribution in [3.63, 3.8) is 0 Å². The van der Waals surface area contributed by atoms with Crippen LogP contribution in [0, 0.1) is 0 Å². The third-order valence-corrected chi connectivity index (χ3v) is 5.91. The highest BCUT2D eigenvalue weighted by Gasteiger charge is 2.25. The normalized spacial score (nSPS) is 14.2. The van der Waals surface area contributed by atoms with Crippen molar-refractivity contribution in [1.29, 1.82) is 0 Å². The molecule has 0 fully saturated rings. The van der Waals surface area contributed by atoms with E-state index in [0.29, 0.717) is 27.8 Å². The van der Waals surface area contributed by atoms with Gasteiger partial charge in [-0.1, -0.05) is 60.3 Å². The lowest BCUT2D eigenvalue weighted by Gasteiger charge is -2.04. The lowest BCUT2D eigenvalue weighted by molar-refractivity contribution is 0.0952. The SMILES string of the molecule is O=C(N/N=C1\CC(=O)c2ccccc21)c1ccc(CSc2nc3ccccc3o2)cc1. The van der Waals surface area contributed by atoms with E-state index >= 15 is 0 Å². The molecule has 1 aliphatic carbocycles. The van der Waals surface area contributed by atoms with Gasteiger partial charge in [-0.15, -0.1) is 0 Å². The number of Topliss-reactive ketones (excluding diaryl/α,β-unsaturated/α-hetero) is 1. The third-order valence-electron chi connectivity index (χ3n) is 5.01. The lowest BCUT2D eigenvalue weighted by Crippen LogP contribution is -2.19. The van der Waals surface area contributed by atoms with Gasteiger partial charge in [-0.3, -0.25) is 9.59 Å².